The number of aryl methyl sites for hydroxylation is 2. The van der Waals surface area contributed by atoms with Gasteiger partial charge in [0.1, 0.15) is 0 Å². The zero-order chi connectivity index (χ0) is 23.9. The fourth-order valence-electron chi connectivity index (χ4n) is 3.57. The number of nitrogens with zero attached hydrogens (tertiary/aromatic N) is 6. The predicted molar refractivity (Wildman–Crippen MR) is 134 cm³/mol. The maximum atomic E-state index is 13.2. The molecule has 0 aliphatic heterocycles. The number of pyridine rings is 1. The molecule has 1 amide bonds. The molecule has 0 saturated carbocycles. The Labute approximate surface area is 203 Å². The highest BCUT2D eigenvalue weighted by atomic mass is 32.2. The van der Waals surface area contributed by atoms with Crippen LogP contribution in [0.25, 0.3) is 17.1 Å². The van der Waals surface area contributed by atoms with Crippen molar-refractivity contribution < 1.29 is 4.79 Å². The zero-order valence-electron chi connectivity index (χ0n) is 19.0. The Kier molecular flexibility index (Phi) is 7.35. The topological polar surface area (TPSA) is 87.7 Å². The van der Waals surface area contributed by atoms with E-state index in [1.165, 1.54) is 11.8 Å². The van der Waals surface area contributed by atoms with Crippen LogP contribution in [0.2, 0.25) is 0 Å². The van der Waals surface area contributed by atoms with Crippen LogP contribution in [-0.2, 0) is 4.79 Å². The number of thioether (sulfide) groups is 1. The van der Waals surface area contributed by atoms with Crippen LogP contribution in [0.5, 0.6) is 0 Å². The van der Waals surface area contributed by atoms with Crippen LogP contribution in [0.15, 0.2) is 78.2 Å². The lowest BCUT2D eigenvalue weighted by atomic mass is 10.2. The summed E-state index contributed by atoms with van der Waals surface area (Å²) in [6.07, 6.45) is 3.72. The van der Waals surface area contributed by atoms with Crippen LogP contribution in [0.1, 0.15) is 17.5 Å². The molecule has 8 heteroatoms. The van der Waals surface area contributed by atoms with Crippen LogP contribution in [0.3, 0.4) is 0 Å². The molecule has 170 valence electrons. The lowest BCUT2D eigenvalue weighted by Gasteiger charge is -2.22. The number of aromatic nitrogens is 4. The van der Waals surface area contributed by atoms with Crippen molar-refractivity contribution in [1.29, 1.82) is 5.26 Å². The first kappa shape index (κ1) is 23.2. The first-order chi connectivity index (χ1) is 16.6. The van der Waals surface area contributed by atoms with E-state index in [2.05, 4.69) is 21.3 Å². The van der Waals surface area contributed by atoms with Gasteiger partial charge in [-0.3, -0.25) is 14.3 Å². The summed E-state index contributed by atoms with van der Waals surface area (Å²) in [5.41, 5.74) is 4.74. The van der Waals surface area contributed by atoms with Gasteiger partial charge in [0.15, 0.2) is 11.0 Å². The number of amides is 1. The molecular formula is C26H24N6OS. The summed E-state index contributed by atoms with van der Waals surface area (Å²) in [5.74, 6) is 0.736. The fourth-order valence-corrected chi connectivity index (χ4v) is 4.39. The summed E-state index contributed by atoms with van der Waals surface area (Å²) in [6.45, 7) is 4.37. The third-order valence-electron chi connectivity index (χ3n) is 5.33. The zero-order valence-corrected chi connectivity index (χ0v) is 19.9. The van der Waals surface area contributed by atoms with Gasteiger partial charge in [-0.05, 0) is 49.7 Å². The maximum Gasteiger partial charge on any atom is 0.237 e. The first-order valence-electron chi connectivity index (χ1n) is 10.9. The Morgan fingerprint density at radius 2 is 1.85 bits per heavy atom. The minimum atomic E-state index is -0.0913. The minimum Gasteiger partial charge on any atom is -0.311 e. The van der Waals surface area contributed by atoms with Gasteiger partial charge in [-0.1, -0.05) is 47.7 Å². The summed E-state index contributed by atoms with van der Waals surface area (Å²) >= 11 is 1.33. The number of anilines is 1. The maximum absolute atomic E-state index is 13.2. The van der Waals surface area contributed by atoms with Crippen LogP contribution >= 0.6 is 11.8 Å². The highest BCUT2D eigenvalue weighted by molar-refractivity contribution is 7.99. The normalized spacial score (nSPS) is 10.6. The van der Waals surface area contributed by atoms with Crippen molar-refractivity contribution in [2.24, 2.45) is 0 Å². The number of para-hydroxylation sites is 1. The smallest absolute Gasteiger partial charge is 0.237 e. The summed E-state index contributed by atoms with van der Waals surface area (Å²) in [4.78, 5) is 19.1. The molecule has 4 aromatic rings. The minimum absolute atomic E-state index is 0.0913. The van der Waals surface area contributed by atoms with Crippen molar-refractivity contribution in [3.8, 4) is 23.1 Å². The van der Waals surface area contributed by atoms with Crippen molar-refractivity contribution in [2.75, 3.05) is 17.2 Å². The van der Waals surface area contributed by atoms with Gasteiger partial charge in [-0.2, -0.15) is 5.26 Å². The van der Waals surface area contributed by atoms with E-state index in [1.807, 2.05) is 79.1 Å². The number of hydrogen-bond acceptors (Lipinski definition) is 6. The molecule has 34 heavy (non-hydrogen) atoms. The number of rotatable bonds is 8. The Morgan fingerprint density at radius 1 is 1.06 bits per heavy atom. The third kappa shape index (κ3) is 5.16. The molecular weight excluding hydrogens is 444 g/mol. The van der Waals surface area contributed by atoms with Gasteiger partial charge in [0.25, 0.3) is 0 Å². The van der Waals surface area contributed by atoms with Gasteiger partial charge in [0.2, 0.25) is 5.91 Å². The van der Waals surface area contributed by atoms with E-state index in [4.69, 9.17) is 5.26 Å². The van der Waals surface area contributed by atoms with Gasteiger partial charge in [0.05, 0.1) is 23.9 Å². The van der Waals surface area contributed by atoms with E-state index >= 15 is 0 Å². The van der Waals surface area contributed by atoms with Crippen LogP contribution < -0.4 is 4.90 Å². The van der Waals surface area contributed by atoms with Gasteiger partial charge in [-0.25, -0.2) is 0 Å². The van der Waals surface area contributed by atoms with E-state index in [1.54, 1.807) is 17.3 Å². The van der Waals surface area contributed by atoms with Crippen molar-refractivity contribution in [3.63, 3.8) is 0 Å². The largest absolute Gasteiger partial charge is 0.311 e. The van der Waals surface area contributed by atoms with Gasteiger partial charge >= 0.3 is 0 Å². The standard InChI is InChI=1S/C26H24N6OS/c1-19-10-12-22(13-11-19)31(16-6-14-27)24(33)18-34-26-30-29-25(21-8-5-15-28-17-21)32(26)23-9-4-3-7-20(23)2/h3-5,7-13,15,17H,6,16,18H2,1-2H3. The molecule has 2 aromatic heterocycles. The predicted octanol–water partition coefficient (Wildman–Crippen LogP) is 4.99. The van der Waals surface area contributed by atoms with E-state index in [-0.39, 0.29) is 18.1 Å². The second-order valence-electron chi connectivity index (χ2n) is 7.75. The number of hydrogen-bond donors (Lipinski definition) is 0. The summed E-state index contributed by atoms with van der Waals surface area (Å²) in [5, 5.41) is 18.5. The second kappa shape index (κ2) is 10.8. The number of nitriles is 1. The molecule has 0 fully saturated rings. The Hall–Kier alpha value is -3.96. The van der Waals surface area contributed by atoms with Gasteiger partial charge in [0, 0.05) is 30.2 Å². The average Bonchev–Trinajstić information content (AvgIpc) is 3.28. The monoisotopic (exact) mass is 468 g/mol. The highest BCUT2D eigenvalue weighted by Gasteiger charge is 2.21. The van der Waals surface area contributed by atoms with Crippen molar-refractivity contribution in [1.82, 2.24) is 19.7 Å². The Bertz CT molecular complexity index is 1310. The molecule has 0 spiro atoms. The molecule has 0 unspecified atom stereocenters. The van der Waals surface area contributed by atoms with E-state index in [0.717, 1.165) is 28.1 Å². The van der Waals surface area contributed by atoms with E-state index in [9.17, 15) is 4.79 Å². The fraction of sp³-hybridized carbons (Fsp3) is 0.192. The molecule has 0 saturated heterocycles. The molecule has 0 N–H and O–H groups in total. The molecule has 0 atom stereocenters. The molecule has 0 radical (unpaired) electrons. The lowest BCUT2D eigenvalue weighted by molar-refractivity contribution is -0.116. The molecule has 7 nitrogen and oxygen atoms in total. The number of carbonyl (C=O) groups is 1. The van der Waals surface area contributed by atoms with Crippen LogP contribution in [0, 0.1) is 25.2 Å². The van der Waals surface area contributed by atoms with Gasteiger partial charge in [-0.15, -0.1) is 10.2 Å². The molecule has 0 aliphatic rings. The SMILES string of the molecule is Cc1ccc(N(CCC#N)C(=O)CSc2nnc(-c3cccnc3)n2-c2ccccc2C)cc1. The summed E-state index contributed by atoms with van der Waals surface area (Å²) in [7, 11) is 0. The second-order valence-corrected chi connectivity index (χ2v) is 8.69. The van der Waals surface area contributed by atoms with Crippen molar-refractivity contribution >= 4 is 23.4 Å². The van der Waals surface area contributed by atoms with Crippen molar-refractivity contribution in [3.05, 3.63) is 84.2 Å². The van der Waals surface area contributed by atoms with Crippen LogP contribution in [-0.4, -0.2) is 38.0 Å². The summed E-state index contributed by atoms with van der Waals surface area (Å²) in [6, 6.07) is 21.7. The van der Waals surface area contributed by atoms with E-state index < -0.39 is 0 Å². The summed E-state index contributed by atoms with van der Waals surface area (Å²) < 4.78 is 1.97. The Balaban J connectivity index is 1.64. The first-order valence-corrected chi connectivity index (χ1v) is 11.9. The molecule has 4 rings (SSSR count). The molecule has 2 heterocycles. The molecule has 0 aliphatic carbocycles. The quantitative estimate of drug-likeness (QED) is 0.339. The van der Waals surface area contributed by atoms with Crippen LogP contribution in [0.4, 0.5) is 5.69 Å². The third-order valence-corrected chi connectivity index (χ3v) is 6.24. The molecule has 0 bridgehead atoms. The lowest BCUT2D eigenvalue weighted by Crippen LogP contribution is -2.33. The van der Waals surface area contributed by atoms with Crippen molar-refractivity contribution in [2.45, 2.75) is 25.4 Å². The number of carbonyl (C=O) groups excluding carboxylic acids is 1. The Morgan fingerprint density at radius 3 is 2.56 bits per heavy atom. The number of benzene rings is 2. The van der Waals surface area contributed by atoms with E-state index in [0.29, 0.717) is 17.5 Å². The average molecular weight is 469 g/mol. The van der Waals surface area contributed by atoms with Gasteiger partial charge < -0.3 is 4.90 Å². The molecule has 2 aromatic carbocycles. The highest BCUT2D eigenvalue weighted by Crippen LogP contribution is 2.29.